The van der Waals surface area contributed by atoms with Gasteiger partial charge in [-0.15, -0.1) is 0 Å². The maximum Gasteiger partial charge on any atom is 0.230 e. The summed E-state index contributed by atoms with van der Waals surface area (Å²) in [5.41, 5.74) is 9.35. The van der Waals surface area contributed by atoms with Gasteiger partial charge in [0.2, 0.25) is 11.6 Å². The summed E-state index contributed by atoms with van der Waals surface area (Å²) in [6.07, 6.45) is 3.39. The molecule has 0 atom stereocenters. The molecule has 0 unspecified atom stereocenters. The van der Waals surface area contributed by atoms with Crippen LogP contribution in [0.2, 0.25) is 0 Å². The van der Waals surface area contributed by atoms with Crippen LogP contribution in [0.1, 0.15) is 6.42 Å². The van der Waals surface area contributed by atoms with Crippen molar-refractivity contribution in [3.63, 3.8) is 0 Å². The van der Waals surface area contributed by atoms with Crippen molar-refractivity contribution < 1.29 is 13.6 Å². The number of carbonyl (C=O) groups excluding carboxylic acids is 1. The maximum atomic E-state index is 13.5. The third-order valence-corrected chi connectivity index (χ3v) is 5.11. The molecule has 0 radical (unpaired) electrons. The highest BCUT2D eigenvalue weighted by atomic mass is 19.1. The number of carbonyl (C=O) groups is 1. The highest BCUT2D eigenvalue weighted by molar-refractivity contribution is 5.95. The number of rotatable bonds is 6. The first-order valence-corrected chi connectivity index (χ1v) is 10.0. The van der Waals surface area contributed by atoms with Gasteiger partial charge in [-0.2, -0.15) is 5.10 Å². The summed E-state index contributed by atoms with van der Waals surface area (Å²) in [5.74, 6) is -0.0841. The standard InChI is InChI=1S/C24H18FN5O2/c25-17-8-6-16(7-9-17)22-19(13-30(29-22)11-10-21(26)31)23-18-12-20(15-4-2-1-3-5-15)32-24(18)28-14-27-23/h1-9,12-14H,10-11H2,(H2,26,31). The Hall–Kier alpha value is -4.33. The van der Waals surface area contributed by atoms with Crippen molar-refractivity contribution in [3.05, 3.63) is 79.0 Å². The van der Waals surface area contributed by atoms with Gasteiger partial charge in [0, 0.05) is 35.9 Å². The van der Waals surface area contributed by atoms with Crippen molar-refractivity contribution in [2.45, 2.75) is 13.0 Å². The van der Waals surface area contributed by atoms with E-state index in [1.807, 2.05) is 36.4 Å². The fraction of sp³-hybridized carbons (Fsp3) is 0.0833. The summed E-state index contributed by atoms with van der Waals surface area (Å²) in [4.78, 5) is 20.0. The molecule has 5 rings (SSSR count). The lowest BCUT2D eigenvalue weighted by Gasteiger charge is -2.03. The summed E-state index contributed by atoms with van der Waals surface area (Å²) < 4.78 is 21.1. The minimum absolute atomic E-state index is 0.146. The number of fused-ring (bicyclic) bond motifs is 1. The second-order valence-electron chi connectivity index (χ2n) is 7.30. The Kier molecular flexibility index (Phi) is 4.95. The van der Waals surface area contributed by atoms with Crippen LogP contribution in [0.25, 0.3) is 44.9 Å². The van der Waals surface area contributed by atoms with Crippen LogP contribution in [0, 0.1) is 5.82 Å². The van der Waals surface area contributed by atoms with Gasteiger partial charge in [-0.3, -0.25) is 9.48 Å². The molecule has 3 aromatic heterocycles. The molecule has 0 saturated carbocycles. The van der Waals surface area contributed by atoms with E-state index < -0.39 is 5.91 Å². The molecule has 0 fully saturated rings. The van der Waals surface area contributed by atoms with Crippen molar-refractivity contribution >= 4 is 17.0 Å². The Labute approximate surface area is 182 Å². The molecule has 0 spiro atoms. The molecule has 7 nitrogen and oxygen atoms in total. The minimum Gasteiger partial charge on any atom is -0.438 e. The third kappa shape index (κ3) is 3.74. The highest BCUT2D eigenvalue weighted by Crippen LogP contribution is 2.36. The molecule has 158 valence electrons. The van der Waals surface area contributed by atoms with Gasteiger partial charge in [-0.1, -0.05) is 30.3 Å². The van der Waals surface area contributed by atoms with Crippen molar-refractivity contribution in [2.75, 3.05) is 0 Å². The quantitative estimate of drug-likeness (QED) is 0.432. The van der Waals surface area contributed by atoms with Gasteiger partial charge in [0.05, 0.1) is 11.1 Å². The van der Waals surface area contributed by atoms with E-state index in [2.05, 4.69) is 15.1 Å². The van der Waals surface area contributed by atoms with Crippen LogP contribution in [0.15, 0.2) is 77.6 Å². The van der Waals surface area contributed by atoms with Gasteiger partial charge in [-0.05, 0) is 30.3 Å². The molecule has 32 heavy (non-hydrogen) atoms. The smallest absolute Gasteiger partial charge is 0.230 e. The summed E-state index contributed by atoms with van der Waals surface area (Å²) in [7, 11) is 0. The molecule has 5 aromatic rings. The average Bonchev–Trinajstić information content (AvgIpc) is 3.43. The Morgan fingerprint density at radius 3 is 2.53 bits per heavy atom. The number of hydrogen-bond acceptors (Lipinski definition) is 5. The number of nitrogens with zero attached hydrogens (tertiary/aromatic N) is 4. The molecule has 2 N–H and O–H groups in total. The van der Waals surface area contributed by atoms with E-state index in [0.29, 0.717) is 35.0 Å². The monoisotopic (exact) mass is 427 g/mol. The molecule has 2 aromatic carbocycles. The predicted octanol–water partition coefficient (Wildman–Crippen LogP) is 4.43. The number of hydrogen-bond donors (Lipinski definition) is 1. The minimum atomic E-state index is -0.419. The van der Waals surface area contributed by atoms with E-state index >= 15 is 0 Å². The maximum absolute atomic E-state index is 13.5. The zero-order valence-corrected chi connectivity index (χ0v) is 16.9. The van der Waals surface area contributed by atoms with E-state index in [1.54, 1.807) is 23.0 Å². The fourth-order valence-corrected chi connectivity index (χ4v) is 3.57. The van der Waals surface area contributed by atoms with Crippen molar-refractivity contribution in [1.82, 2.24) is 19.7 Å². The number of primary amides is 1. The summed E-state index contributed by atoms with van der Waals surface area (Å²) in [6.45, 7) is 0.318. The Morgan fingerprint density at radius 1 is 1.00 bits per heavy atom. The van der Waals surface area contributed by atoms with Gasteiger partial charge in [-0.25, -0.2) is 14.4 Å². The molecule has 3 heterocycles. The van der Waals surface area contributed by atoms with Gasteiger partial charge in [0.25, 0.3) is 0 Å². The molecule has 1 amide bonds. The zero-order valence-electron chi connectivity index (χ0n) is 16.9. The number of amides is 1. The first-order valence-electron chi connectivity index (χ1n) is 10.0. The Bertz CT molecular complexity index is 1410. The van der Waals surface area contributed by atoms with Crippen LogP contribution >= 0.6 is 0 Å². The van der Waals surface area contributed by atoms with E-state index in [9.17, 15) is 9.18 Å². The fourth-order valence-electron chi connectivity index (χ4n) is 3.57. The number of halogens is 1. The van der Waals surface area contributed by atoms with E-state index in [4.69, 9.17) is 10.2 Å². The van der Waals surface area contributed by atoms with Gasteiger partial charge in [0.15, 0.2) is 0 Å². The van der Waals surface area contributed by atoms with E-state index in [0.717, 1.165) is 16.5 Å². The van der Waals surface area contributed by atoms with Crippen LogP contribution in [0.3, 0.4) is 0 Å². The third-order valence-electron chi connectivity index (χ3n) is 5.11. The second-order valence-corrected chi connectivity index (χ2v) is 7.30. The van der Waals surface area contributed by atoms with Crippen LogP contribution in [-0.2, 0) is 11.3 Å². The number of furan rings is 1. The van der Waals surface area contributed by atoms with Crippen LogP contribution < -0.4 is 5.73 Å². The zero-order chi connectivity index (χ0) is 22.1. The summed E-state index contributed by atoms with van der Waals surface area (Å²) in [6, 6.07) is 17.7. The molecular formula is C24H18FN5O2. The number of aryl methyl sites for hydroxylation is 1. The molecule has 0 saturated heterocycles. The SMILES string of the molecule is NC(=O)CCn1cc(-c2ncnc3oc(-c4ccccc4)cc23)c(-c2ccc(F)cc2)n1. The molecule has 0 aliphatic heterocycles. The highest BCUT2D eigenvalue weighted by Gasteiger charge is 2.20. The first-order chi connectivity index (χ1) is 15.6. The summed E-state index contributed by atoms with van der Waals surface area (Å²) >= 11 is 0. The lowest BCUT2D eigenvalue weighted by Crippen LogP contribution is -2.14. The normalized spacial score (nSPS) is 11.2. The Balaban J connectivity index is 1.67. The van der Waals surface area contributed by atoms with Crippen LogP contribution in [0.4, 0.5) is 4.39 Å². The molecule has 0 bridgehead atoms. The predicted molar refractivity (Wildman–Crippen MR) is 118 cm³/mol. The van der Waals surface area contributed by atoms with Crippen molar-refractivity contribution in [3.8, 4) is 33.8 Å². The van der Waals surface area contributed by atoms with Crippen LogP contribution in [-0.4, -0.2) is 25.7 Å². The lowest BCUT2D eigenvalue weighted by molar-refractivity contribution is -0.118. The van der Waals surface area contributed by atoms with Crippen molar-refractivity contribution in [2.24, 2.45) is 5.73 Å². The summed E-state index contributed by atoms with van der Waals surface area (Å²) in [5, 5.41) is 5.35. The number of aromatic nitrogens is 4. The van der Waals surface area contributed by atoms with Gasteiger partial charge >= 0.3 is 0 Å². The lowest BCUT2D eigenvalue weighted by atomic mass is 10.0. The number of nitrogens with two attached hydrogens (primary N) is 1. The Morgan fingerprint density at radius 2 is 1.78 bits per heavy atom. The van der Waals surface area contributed by atoms with Gasteiger partial charge in [0.1, 0.15) is 23.6 Å². The molecule has 0 aliphatic carbocycles. The largest absolute Gasteiger partial charge is 0.438 e. The second kappa shape index (κ2) is 8.07. The average molecular weight is 427 g/mol. The number of benzene rings is 2. The van der Waals surface area contributed by atoms with Crippen molar-refractivity contribution in [1.29, 1.82) is 0 Å². The topological polar surface area (TPSA) is 99.8 Å². The van der Waals surface area contributed by atoms with E-state index in [-0.39, 0.29) is 12.2 Å². The van der Waals surface area contributed by atoms with Crippen LogP contribution in [0.5, 0.6) is 0 Å². The molecular weight excluding hydrogens is 409 g/mol. The molecule has 0 aliphatic rings. The molecule has 8 heteroatoms. The van der Waals surface area contributed by atoms with E-state index in [1.165, 1.54) is 18.5 Å². The van der Waals surface area contributed by atoms with Gasteiger partial charge < -0.3 is 10.2 Å². The first kappa shape index (κ1) is 19.6.